The second kappa shape index (κ2) is 7.80. The van der Waals surface area contributed by atoms with Crippen molar-refractivity contribution in [3.63, 3.8) is 0 Å². The summed E-state index contributed by atoms with van der Waals surface area (Å²) >= 11 is 0. The largest absolute Gasteiger partial charge is 0.464 e. The molecule has 2 aromatic heterocycles. The molecule has 1 atom stereocenters. The molecule has 0 N–H and O–H groups in total. The first-order valence-corrected chi connectivity index (χ1v) is 11.9. The molecule has 2 aliphatic heterocycles. The Morgan fingerprint density at radius 1 is 0.919 bits per heavy atom. The number of Topliss-reactive ketones (excluding diaryl/α,β-unsaturated/α-hetero) is 1. The summed E-state index contributed by atoms with van der Waals surface area (Å²) < 4.78 is 19.4. The topological polar surface area (TPSA) is 87.7 Å². The Hall–Kier alpha value is -4.91. The fourth-order valence-corrected chi connectivity index (χ4v) is 5.33. The van der Waals surface area contributed by atoms with E-state index in [1.54, 1.807) is 42.5 Å². The van der Waals surface area contributed by atoms with Crippen LogP contribution in [0.15, 0.2) is 88.1 Å². The molecule has 0 bridgehead atoms. The van der Waals surface area contributed by atoms with Crippen LogP contribution in [0.2, 0.25) is 0 Å². The van der Waals surface area contributed by atoms with Gasteiger partial charge in [0.1, 0.15) is 17.1 Å². The van der Waals surface area contributed by atoms with Crippen molar-refractivity contribution in [2.24, 2.45) is 7.05 Å². The summed E-state index contributed by atoms with van der Waals surface area (Å²) in [6.07, 6.45) is 4.98. The molecule has 37 heavy (non-hydrogen) atoms. The number of esters is 1. The second-order valence-electron chi connectivity index (χ2n) is 9.25. The fourth-order valence-electron chi connectivity index (χ4n) is 5.33. The number of allylic oxidation sites excluding steroid dienone is 1. The van der Waals surface area contributed by atoms with Crippen LogP contribution < -0.4 is 14.9 Å². The van der Waals surface area contributed by atoms with E-state index in [0.717, 1.165) is 16.5 Å². The molecule has 3 aromatic carbocycles. The molecule has 0 saturated carbocycles. The number of hydrogen-bond acceptors (Lipinski definition) is 6. The van der Waals surface area contributed by atoms with E-state index in [2.05, 4.69) is 0 Å². The van der Waals surface area contributed by atoms with Gasteiger partial charge in [-0.2, -0.15) is 0 Å². The zero-order valence-corrected chi connectivity index (χ0v) is 19.7. The Morgan fingerprint density at radius 3 is 2.57 bits per heavy atom. The van der Waals surface area contributed by atoms with E-state index < -0.39 is 11.9 Å². The quantitative estimate of drug-likeness (QED) is 0.189. The van der Waals surface area contributed by atoms with Crippen molar-refractivity contribution in [1.82, 2.24) is 4.57 Å². The molecule has 180 valence electrons. The van der Waals surface area contributed by atoms with Crippen LogP contribution in [0.4, 0.5) is 0 Å². The van der Waals surface area contributed by atoms with E-state index in [4.69, 9.17) is 13.9 Å². The van der Waals surface area contributed by atoms with E-state index >= 15 is 0 Å². The average molecular weight is 489 g/mol. The molecule has 0 amide bonds. The minimum absolute atomic E-state index is 0.0769. The van der Waals surface area contributed by atoms with Gasteiger partial charge < -0.3 is 18.5 Å². The predicted molar refractivity (Wildman–Crippen MR) is 137 cm³/mol. The number of aromatic nitrogens is 1. The number of rotatable bonds is 2. The fraction of sp³-hybridized carbons (Fsp3) is 0.100. The van der Waals surface area contributed by atoms with Crippen LogP contribution >= 0.6 is 0 Å². The van der Waals surface area contributed by atoms with Gasteiger partial charge in [0.25, 0.3) is 0 Å². The van der Waals surface area contributed by atoms with E-state index in [1.165, 1.54) is 6.26 Å². The zero-order valence-electron chi connectivity index (χ0n) is 19.7. The minimum Gasteiger partial charge on any atom is -0.464 e. The van der Waals surface area contributed by atoms with Gasteiger partial charge in [0.15, 0.2) is 11.2 Å². The van der Waals surface area contributed by atoms with Gasteiger partial charge >= 0.3 is 5.97 Å². The first kappa shape index (κ1) is 21.4. The summed E-state index contributed by atoms with van der Waals surface area (Å²) in [5, 5.41) is 1.41. The highest BCUT2D eigenvalue weighted by atomic mass is 16.5. The Morgan fingerprint density at radius 2 is 1.70 bits per heavy atom. The van der Waals surface area contributed by atoms with E-state index in [-0.39, 0.29) is 29.1 Å². The first-order valence-electron chi connectivity index (χ1n) is 11.9. The van der Waals surface area contributed by atoms with E-state index in [0.29, 0.717) is 33.4 Å². The third kappa shape index (κ3) is 3.17. The average Bonchev–Trinajstić information content (AvgIpc) is 3.40. The second-order valence-corrected chi connectivity index (χ2v) is 9.25. The molecule has 4 heterocycles. The Labute approximate surface area is 210 Å². The number of aryl methyl sites for hydroxylation is 1. The van der Waals surface area contributed by atoms with Gasteiger partial charge in [-0.25, -0.2) is 0 Å². The lowest BCUT2D eigenvalue weighted by Crippen LogP contribution is -2.25. The van der Waals surface area contributed by atoms with Crippen molar-refractivity contribution in [1.29, 1.82) is 0 Å². The molecule has 0 saturated heterocycles. The van der Waals surface area contributed by atoms with Crippen molar-refractivity contribution in [3.05, 3.63) is 111 Å². The lowest BCUT2D eigenvalue weighted by Gasteiger charge is -2.25. The number of fused-ring (bicyclic) bond motifs is 5. The molecule has 7 heteroatoms. The van der Waals surface area contributed by atoms with Crippen LogP contribution in [0.5, 0.6) is 11.5 Å². The molecule has 0 spiro atoms. The van der Waals surface area contributed by atoms with Gasteiger partial charge in [0.2, 0.25) is 5.78 Å². The number of carbonyl (C=O) groups is 2. The van der Waals surface area contributed by atoms with Gasteiger partial charge in [0, 0.05) is 46.8 Å². The highest BCUT2D eigenvalue weighted by Gasteiger charge is 2.39. The molecule has 0 aliphatic carbocycles. The molecule has 7 rings (SSSR count). The molecule has 5 aromatic rings. The standard InChI is InChI=1S/C30H19NO6/c1-31-14-16(17-6-2-4-8-22(17)31)12-25-29(34)19-10-11-24-27(30(19)37-25)20(13-26(32)36-24)21-15-35-23-9-5-3-7-18(23)28(21)33/h2-12,14-15,20H,13H2,1H3. The van der Waals surface area contributed by atoms with Crippen molar-refractivity contribution >= 4 is 39.7 Å². The molecule has 0 radical (unpaired) electrons. The van der Waals surface area contributed by atoms with Crippen molar-refractivity contribution in [3.8, 4) is 11.5 Å². The minimum atomic E-state index is -0.684. The maximum Gasteiger partial charge on any atom is 0.312 e. The smallest absolute Gasteiger partial charge is 0.312 e. The molecular weight excluding hydrogens is 470 g/mol. The highest BCUT2D eigenvalue weighted by molar-refractivity contribution is 6.15. The van der Waals surface area contributed by atoms with E-state index in [9.17, 15) is 14.4 Å². The number of benzene rings is 3. The molecule has 7 nitrogen and oxygen atoms in total. The number of para-hydroxylation sites is 2. The van der Waals surface area contributed by atoms with Crippen molar-refractivity contribution in [2.75, 3.05) is 0 Å². The van der Waals surface area contributed by atoms with Crippen LogP contribution in [0.25, 0.3) is 27.9 Å². The van der Waals surface area contributed by atoms with Crippen LogP contribution in [0, 0.1) is 0 Å². The predicted octanol–water partition coefficient (Wildman–Crippen LogP) is 5.34. The Balaban J connectivity index is 1.38. The molecule has 2 aliphatic rings. The van der Waals surface area contributed by atoms with Crippen LogP contribution in [0.3, 0.4) is 0 Å². The van der Waals surface area contributed by atoms with E-state index in [1.807, 2.05) is 42.1 Å². The van der Waals surface area contributed by atoms with Gasteiger partial charge in [-0.3, -0.25) is 14.4 Å². The molecular formula is C30H19NO6. The van der Waals surface area contributed by atoms with Crippen LogP contribution in [-0.4, -0.2) is 16.3 Å². The number of carbonyl (C=O) groups excluding carboxylic acids is 2. The third-order valence-corrected chi connectivity index (χ3v) is 7.08. The normalized spacial score (nSPS) is 17.6. The van der Waals surface area contributed by atoms with Crippen molar-refractivity contribution < 1.29 is 23.5 Å². The monoisotopic (exact) mass is 489 g/mol. The third-order valence-electron chi connectivity index (χ3n) is 7.08. The zero-order chi connectivity index (χ0) is 25.3. The Bertz CT molecular complexity index is 1890. The summed E-state index contributed by atoms with van der Waals surface area (Å²) in [7, 11) is 1.95. The first-order chi connectivity index (χ1) is 18.0. The number of nitrogens with zero attached hydrogens (tertiary/aromatic N) is 1. The lowest BCUT2D eigenvalue weighted by atomic mass is 9.85. The number of ketones is 1. The maximum atomic E-state index is 13.4. The van der Waals surface area contributed by atoms with Gasteiger partial charge in [-0.1, -0.05) is 30.3 Å². The Kier molecular flexibility index (Phi) is 4.50. The number of ether oxygens (including phenoxy) is 2. The maximum absolute atomic E-state index is 13.4. The lowest BCUT2D eigenvalue weighted by molar-refractivity contribution is -0.135. The highest BCUT2D eigenvalue weighted by Crippen LogP contribution is 2.48. The summed E-state index contributed by atoms with van der Waals surface area (Å²) in [6, 6.07) is 18.0. The number of hydrogen-bond donors (Lipinski definition) is 0. The summed E-state index contributed by atoms with van der Waals surface area (Å²) in [5.74, 6) is -0.684. The van der Waals surface area contributed by atoms with Gasteiger partial charge in [-0.05, 0) is 36.4 Å². The van der Waals surface area contributed by atoms with Gasteiger partial charge in [0.05, 0.1) is 23.6 Å². The summed E-state index contributed by atoms with van der Waals surface area (Å²) in [4.78, 5) is 39.3. The summed E-state index contributed by atoms with van der Waals surface area (Å²) in [5.41, 5.74) is 3.27. The van der Waals surface area contributed by atoms with Crippen LogP contribution in [0.1, 0.15) is 39.4 Å². The van der Waals surface area contributed by atoms with Gasteiger partial charge in [-0.15, -0.1) is 0 Å². The summed E-state index contributed by atoms with van der Waals surface area (Å²) in [6.45, 7) is 0. The molecule has 1 unspecified atom stereocenters. The van der Waals surface area contributed by atoms with Crippen molar-refractivity contribution in [2.45, 2.75) is 12.3 Å². The van der Waals surface area contributed by atoms with Crippen LogP contribution in [-0.2, 0) is 11.8 Å². The molecule has 0 fully saturated rings. The SMILES string of the molecule is Cn1cc(C=C2Oc3c(ccc4c3C(c3coc5ccccc5c3=O)CC(=O)O4)C2=O)c2ccccc21.